The summed E-state index contributed by atoms with van der Waals surface area (Å²) in [5.41, 5.74) is 7.64. The van der Waals surface area contributed by atoms with E-state index in [4.69, 9.17) is 19.2 Å². The second kappa shape index (κ2) is 13.0. The minimum absolute atomic E-state index is 0.127. The van der Waals surface area contributed by atoms with Gasteiger partial charge in [-0.25, -0.2) is 19.6 Å². The summed E-state index contributed by atoms with van der Waals surface area (Å²) in [6.45, 7) is 2.19. The number of amides is 2. The zero-order valence-corrected chi connectivity index (χ0v) is 28.7. The van der Waals surface area contributed by atoms with Gasteiger partial charge in [0.05, 0.1) is 41.6 Å². The van der Waals surface area contributed by atoms with Gasteiger partial charge in [-0.05, 0) is 71.2 Å². The number of aromatic amines is 2. The highest BCUT2D eigenvalue weighted by molar-refractivity contribution is 6.07. The number of imidazole rings is 2. The molecule has 1 unspecified atom stereocenters. The molecule has 0 radical (unpaired) electrons. The van der Waals surface area contributed by atoms with Crippen molar-refractivity contribution in [1.29, 1.82) is 0 Å². The number of fused-ring (bicyclic) bond motifs is 6. The van der Waals surface area contributed by atoms with Gasteiger partial charge in [-0.15, -0.1) is 0 Å². The normalized spacial score (nSPS) is 19.5. The SMILES string of the molecule is COC[C@H]1C[C@@H](c2ncc(-c3ccc4c(c3)COc3cc5c(ccc6[nH]c(C7CCCN7C(=O)OCc7ccccc7)nc65)cc3-4)[nH]2)N(C(=O)O)C1. The van der Waals surface area contributed by atoms with Crippen LogP contribution in [0.15, 0.2) is 79.0 Å². The second-order valence-corrected chi connectivity index (χ2v) is 13.9. The van der Waals surface area contributed by atoms with E-state index in [0.717, 1.165) is 79.7 Å². The highest BCUT2D eigenvalue weighted by Gasteiger charge is 2.38. The van der Waals surface area contributed by atoms with Crippen molar-refractivity contribution in [3.05, 3.63) is 102 Å². The van der Waals surface area contributed by atoms with Crippen molar-refractivity contribution < 1.29 is 28.9 Å². The van der Waals surface area contributed by atoms with Crippen LogP contribution in [0, 0.1) is 5.92 Å². The third-order valence-corrected chi connectivity index (χ3v) is 10.6. The lowest BCUT2D eigenvalue weighted by Gasteiger charge is -2.22. The first-order chi connectivity index (χ1) is 25.4. The van der Waals surface area contributed by atoms with Gasteiger partial charge in [0.15, 0.2) is 0 Å². The Hall–Kier alpha value is -5.88. The van der Waals surface area contributed by atoms with E-state index in [1.165, 1.54) is 4.90 Å². The molecule has 6 aromatic rings. The van der Waals surface area contributed by atoms with Gasteiger partial charge < -0.3 is 29.3 Å². The Bertz CT molecular complexity index is 2320. The topological polar surface area (TPSA) is 146 Å². The van der Waals surface area contributed by atoms with Crippen LogP contribution >= 0.6 is 0 Å². The maximum atomic E-state index is 13.1. The zero-order valence-electron chi connectivity index (χ0n) is 28.7. The molecule has 9 rings (SSSR count). The van der Waals surface area contributed by atoms with E-state index in [9.17, 15) is 14.7 Å². The number of hydrogen-bond acceptors (Lipinski definition) is 7. The van der Waals surface area contributed by atoms with Crippen molar-refractivity contribution in [3.63, 3.8) is 0 Å². The quantitative estimate of drug-likeness (QED) is 0.153. The van der Waals surface area contributed by atoms with Crippen LogP contribution < -0.4 is 4.74 Å². The summed E-state index contributed by atoms with van der Waals surface area (Å²) < 4.78 is 17.3. The van der Waals surface area contributed by atoms with Gasteiger partial charge in [0.2, 0.25) is 0 Å². The third kappa shape index (κ3) is 5.69. The van der Waals surface area contributed by atoms with Crippen molar-refractivity contribution in [2.75, 3.05) is 26.8 Å². The van der Waals surface area contributed by atoms with Crippen molar-refractivity contribution in [3.8, 4) is 28.1 Å². The predicted molar refractivity (Wildman–Crippen MR) is 194 cm³/mol. The van der Waals surface area contributed by atoms with Gasteiger partial charge in [0.1, 0.15) is 30.6 Å². The molecular weight excluding hydrogens is 660 g/mol. The minimum atomic E-state index is -0.954. The molecule has 3 aliphatic heterocycles. The minimum Gasteiger partial charge on any atom is -0.488 e. The number of carbonyl (C=O) groups excluding carboxylic acids is 1. The van der Waals surface area contributed by atoms with Crippen molar-refractivity contribution in [2.45, 2.75) is 44.6 Å². The van der Waals surface area contributed by atoms with E-state index in [-0.39, 0.29) is 30.7 Å². The van der Waals surface area contributed by atoms with Crippen LogP contribution in [-0.2, 0) is 22.7 Å². The maximum absolute atomic E-state index is 13.1. The molecule has 3 atom stereocenters. The maximum Gasteiger partial charge on any atom is 0.410 e. The molecule has 5 heterocycles. The number of carboxylic acid groups (broad SMARTS) is 1. The average Bonchev–Trinajstić information content (AvgIpc) is 3.99. The number of nitrogens with zero attached hydrogens (tertiary/aromatic N) is 4. The molecule has 4 aromatic carbocycles. The molecule has 3 aliphatic rings. The molecule has 2 aromatic heterocycles. The van der Waals surface area contributed by atoms with Gasteiger partial charge >= 0.3 is 12.2 Å². The first-order valence-electron chi connectivity index (χ1n) is 17.7. The Kier molecular flexibility index (Phi) is 8.03. The molecule has 2 amide bonds. The molecule has 0 spiro atoms. The monoisotopic (exact) mass is 698 g/mol. The Morgan fingerprint density at radius 2 is 1.87 bits per heavy atom. The number of H-pyrrole nitrogens is 2. The van der Waals surface area contributed by atoms with Crippen LogP contribution in [0.2, 0.25) is 0 Å². The predicted octanol–water partition coefficient (Wildman–Crippen LogP) is 7.83. The van der Waals surface area contributed by atoms with Gasteiger partial charge in [-0.1, -0.05) is 48.5 Å². The largest absolute Gasteiger partial charge is 0.488 e. The van der Waals surface area contributed by atoms with Crippen LogP contribution in [0.25, 0.3) is 44.2 Å². The zero-order chi connectivity index (χ0) is 35.3. The molecule has 264 valence electrons. The lowest BCUT2D eigenvalue weighted by Crippen LogP contribution is -2.31. The van der Waals surface area contributed by atoms with E-state index >= 15 is 0 Å². The van der Waals surface area contributed by atoms with E-state index in [0.29, 0.717) is 38.5 Å². The van der Waals surface area contributed by atoms with Gasteiger partial charge in [-0.3, -0.25) is 9.80 Å². The Balaban J connectivity index is 0.966. The molecule has 2 fully saturated rings. The summed E-state index contributed by atoms with van der Waals surface area (Å²) in [5.74, 6) is 2.31. The first kappa shape index (κ1) is 32.1. The average molecular weight is 699 g/mol. The summed E-state index contributed by atoms with van der Waals surface area (Å²) >= 11 is 0. The van der Waals surface area contributed by atoms with Gasteiger partial charge in [0.25, 0.3) is 0 Å². The summed E-state index contributed by atoms with van der Waals surface area (Å²) in [6, 6.07) is 23.8. The fourth-order valence-electron chi connectivity index (χ4n) is 8.11. The van der Waals surface area contributed by atoms with Crippen LogP contribution in [0.4, 0.5) is 9.59 Å². The standard InChI is InChI=1S/C40H38N6O6/c1-50-20-24-14-34(46(19-24)39(47)48)37-41-18-32(43-37)26-9-11-28-27(15-26)22-51-35-17-29-25(16-30(28)35)10-12-31-36(29)44-38(42-31)33-8-5-13-45(33)40(49)52-21-23-6-3-2-4-7-23/h2-4,6-7,9-12,15-18,24,33-34H,5,8,13-14,19-22H2,1H3,(H,41,43)(H,42,44)(H,47,48)/t24-,33?,34-/m0/s1. The highest BCUT2D eigenvalue weighted by Crippen LogP contribution is 2.43. The number of rotatable bonds is 7. The van der Waals surface area contributed by atoms with Crippen molar-refractivity contribution in [2.24, 2.45) is 5.92 Å². The number of methoxy groups -OCH3 is 1. The molecule has 0 aliphatic carbocycles. The molecule has 0 saturated carbocycles. The Labute approximate surface area is 299 Å². The molecular formula is C40H38N6O6. The number of benzene rings is 4. The number of aromatic nitrogens is 4. The number of ether oxygens (including phenoxy) is 3. The van der Waals surface area contributed by atoms with Crippen molar-refractivity contribution in [1.82, 2.24) is 29.7 Å². The lowest BCUT2D eigenvalue weighted by molar-refractivity contribution is 0.0910. The lowest BCUT2D eigenvalue weighted by atomic mass is 9.92. The number of nitrogens with one attached hydrogen (secondary N) is 2. The number of hydrogen-bond donors (Lipinski definition) is 3. The van der Waals surface area contributed by atoms with Crippen molar-refractivity contribution >= 4 is 34.0 Å². The van der Waals surface area contributed by atoms with Crippen LogP contribution in [0.3, 0.4) is 0 Å². The van der Waals surface area contributed by atoms with Crippen LogP contribution in [0.5, 0.6) is 5.75 Å². The Morgan fingerprint density at radius 1 is 0.981 bits per heavy atom. The van der Waals surface area contributed by atoms with E-state index in [1.807, 2.05) is 36.4 Å². The second-order valence-electron chi connectivity index (χ2n) is 13.9. The fraction of sp³-hybridized carbons (Fsp3) is 0.300. The number of carbonyl (C=O) groups is 2. The Morgan fingerprint density at radius 3 is 2.71 bits per heavy atom. The summed E-state index contributed by atoms with van der Waals surface area (Å²) in [4.78, 5) is 44.9. The summed E-state index contributed by atoms with van der Waals surface area (Å²) in [6.07, 6.45) is 2.84. The molecule has 2 saturated heterocycles. The van der Waals surface area contributed by atoms with E-state index in [2.05, 4.69) is 51.4 Å². The molecule has 0 bridgehead atoms. The summed E-state index contributed by atoms with van der Waals surface area (Å²) in [5, 5.41) is 11.8. The van der Waals surface area contributed by atoms with Gasteiger partial charge in [-0.2, -0.15) is 0 Å². The van der Waals surface area contributed by atoms with Crippen LogP contribution in [-0.4, -0.2) is 73.8 Å². The van der Waals surface area contributed by atoms with Gasteiger partial charge in [0, 0.05) is 37.1 Å². The third-order valence-electron chi connectivity index (χ3n) is 10.6. The highest BCUT2D eigenvalue weighted by atomic mass is 16.6. The molecule has 3 N–H and O–H groups in total. The smallest absolute Gasteiger partial charge is 0.410 e. The van der Waals surface area contributed by atoms with E-state index < -0.39 is 6.09 Å². The molecule has 12 heteroatoms. The van der Waals surface area contributed by atoms with E-state index in [1.54, 1.807) is 18.2 Å². The first-order valence-corrected chi connectivity index (χ1v) is 17.7. The number of likely N-dealkylation sites (tertiary alicyclic amines) is 2. The fourth-order valence-corrected chi connectivity index (χ4v) is 8.11. The molecule has 12 nitrogen and oxygen atoms in total. The summed E-state index contributed by atoms with van der Waals surface area (Å²) in [7, 11) is 1.64. The van der Waals surface area contributed by atoms with Crippen LogP contribution in [0.1, 0.15) is 54.1 Å². The molecule has 52 heavy (non-hydrogen) atoms.